The fraction of sp³-hybridized carbons (Fsp3) is 0.385. The topological polar surface area (TPSA) is 91.4 Å². The minimum absolute atomic E-state index is 0.0332. The Kier molecular flexibility index (Phi) is 3.08. The first-order valence-electron chi connectivity index (χ1n) is 6.56. The fourth-order valence-corrected chi connectivity index (χ4v) is 2.66. The Morgan fingerprint density at radius 3 is 2.57 bits per heavy atom. The van der Waals surface area contributed by atoms with Crippen LogP contribution in [0.5, 0.6) is 0 Å². The summed E-state index contributed by atoms with van der Waals surface area (Å²) in [6, 6.07) is 3.53. The number of carbonyl (C=O) groups excluding carboxylic acids is 3. The monoisotopic (exact) mass is 292 g/mol. The van der Waals surface area contributed by atoms with E-state index < -0.39 is 17.5 Å². The lowest BCUT2D eigenvalue weighted by Crippen LogP contribution is -2.55. The lowest BCUT2D eigenvalue weighted by Gasteiger charge is -2.36. The van der Waals surface area contributed by atoms with Gasteiger partial charge in [-0.3, -0.25) is 14.9 Å². The number of rotatable bonds is 1. The van der Waals surface area contributed by atoms with Crippen LogP contribution in [0.3, 0.4) is 0 Å². The molecule has 2 fully saturated rings. The van der Waals surface area contributed by atoms with Crippen LogP contribution in [0.15, 0.2) is 18.2 Å². The number of likely N-dealkylation sites (tertiary alicyclic amines) is 1. The van der Waals surface area contributed by atoms with E-state index in [0.29, 0.717) is 25.9 Å². The predicted octanol–water partition coefficient (Wildman–Crippen LogP) is 0.0349. The van der Waals surface area contributed by atoms with Gasteiger partial charge in [-0.25, -0.2) is 9.78 Å². The number of halogens is 1. The van der Waals surface area contributed by atoms with Crippen LogP contribution in [0, 0.1) is 5.95 Å². The molecule has 8 heteroatoms. The molecule has 0 aliphatic carbocycles. The van der Waals surface area contributed by atoms with E-state index in [0.717, 1.165) is 0 Å². The second-order valence-electron chi connectivity index (χ2n) is 5.13. The standard InChI is InChI=1S/C13H13FN4O3/c14-9-3-1-2-8(15-9)10(19)18-6-4-13(5-7-18)11(20)16-12(21)17-13/h1-3H,4-7H2,(H2,16,17,20,21). The zero-order valence-corrected chi connectivity index (χ0v) is 11.1. The number of pyridine rings is 1. The first-order valence-corrected chi connectivity index (χ1v) is 6.56. The molecule has 2 aliphatic rings. The Morgan fingerprint density at radius 2 is 2.00 bits per heavy atom. The van der Waals surface area contributed by atoms with E-state index in [1.165, 1.54) is 23.1 Å². The third-order valence-electron chi connectivity index (χ3n) is 3.85. The zero-order chi connectivity index (χ0) is 15.0. The van der Waals surface area contributed by atoms with Crippen molar-refractivity contribution in [2.75, 3.05) is 13.1 Å². The summed E-state index contributed by atoms with van der Waals surface area (Å²) >= 11 is 0. The molecule has 3 rings (SSSR count). The van der Waals surface area contributed by atoms with Crippen molar-refractivity contribution in [2.24, 2.45) is 0 Å². The molecule has 2 saturated heterocycles. The van der Waals surface area contributed by atoms with Crippen molar-refractivity contribution in [1.82, 2.24) is 20.5 Å². The van der Waals surface area contributed by atoms with Gasteiger partial charge in [-0.05, 0) is 25.0 Å². The number of carbonyl (C=O) groups is 3. The number of hydrogen-bond acceptors (Lipinski definition) is 4. The Labute approximate surface area is 119 Å². The minimum Gasteiger partial charge on any atom is -0.337 e. The van der Waals surface area contributed by atoms with Gasteiger partial charge in [0, 0.05) is 13.1 Å². The molecule has 2 N–H and O–H groups in total. The average molecular weight is 292 g/mol. The van der Waals surface area contributed by atoms with Crippen molar-refractivity contribution in [1.29, 1.82) is 0 Å². The number of imide groups is 1. The molecule has 21 heavy (non-hydrogen) atoms. The van der Waals surface area contributed by atoms with Gasteiger partial charge in [0.25, 0.3) is 11.8 Å². The van der Waals surface area contributed by atoms with Gasteiger partial charge in [0.05, 0.1) is 0 Å². The molecular weight excluding hydrogens is 279 g/mol. The van der Waals surface area contributed by atoms with Crippen LogP contribution in [-0.4, -0.2) is 46.4 Å². The maximum absolute atomic E-state index is 13.0. The van der Waals surface area contributed by atoms with Gasteiger partial charge in [-0.15, -0.1) is 0 Å². The second kappa shape index (κ2) is 4.80. The third-order valence-corrected chi connectivity index (χ3v) is 3.85. The maximum Gasteiger partial charge on any atom is 0.322 e. The summed E-state index contributed by atoms with van der Waals surface area (Å²) in [7, 11) is 0. The van der Waals surface area contributed by atoms with Crippen molar-refractivity contribution in [3.05, 3.63) is 29.8 Å². The van der Waals surface area contributed by atoms with E-state index in [4.69, 9.17) is 0 Å². The predicted molar refractivity (Wildman–Crippen MR) is 68.7 cm³/mol. The summed E-state index contributed by atoms with van der Waals surface area (Å²) in [5.41, 5.74) is -0.894. The quantitative estimate of drug-likeness (QED) is 0.564. The fourth-order valence-electron chi connectivity index (χ4n) is 2.66. The van der Waals surface area contributed by atoms with Gasteiger partial charge in [0.1, 0.15) is 11.2 Å². The number of nitrogens with one attached hydrogen (secondary N) is 2. The van der Waals surface area contributed by atoms with Crippen LogP contribution < -0.4 is 10.6 Å². The molecule has 2 aliphatic heterocycles. The number of amides is 4. The van der Waals surface area contributed by atoms with Crippen LogP contribution in [0.2, 0.25) is 0 Å². The van der Waals surface area contributed by atoms with Crippen molar-refractivity contribution in [3.8, 4) is 0 Å². The van der Waals surface area contributed by atoms with Crippen LogP contribution in [0.25, 0.3) is 0 Å². The number of hydrogen-bond donors (Lipinski definition) is 2. The number of piperidine rings is 1. The van der Waals surface area contributed by atoms with E-state index in [2.05, 4.69) is 15.6 Å². The van der Waals surface area contributed by atoms with E-state index >= 15 is 0 Å². The van der Waals surface area contributed by atoms with E-state index in [1.807, 2.05) is 0 Å². The normalized spacial score (nSPS) is 20.3. The molecule has 1 aromatic rings. The summed E-state index contributed by atoms with van der Waals surface area (Å²) in [5.74, 6) is -1.45. The number of urea groups is 1. The van der Waals surface area contributed by atoms with Gasteiger partial charge < -0.3 is 10.2 Å². The molecule has 0 bridgehead atoms. The maximum atomic E-state index is 13.0. The van der Waals surface area contributed by atoms with Gasteiger partial charge in [0.15, 0.2) is 0 Å². The molecule has 0 saturated carbocycles. The van der Waals surface area contributed by atoms with Gasteiger partial charge >= 0.3 is 6.03 Å². The molecule has 0 radical (unpaired) electrons. The lowest BCUT2D eigenvalue weighted by molar-refractivity contribution is -0.125. The van der Waals surface area contributed by atoms with Gasteiger partial charge in [-0.1, -0.05) is 6.07 Å². The number of aromatic nitrogens is 1. The van der Waals surface area contributed by atoms with Gasteiger partial charge in [-0.2, -0.15) is 4.39 Å². The molecule has 1 aromatic heterocycles. The van der Waals surface area contributed by atoms with Crippen LogP contribution >= 0.6 is 0 Å². The molecule has 0 atom stereocenters. The van der Waals surface area contributed by atoms with Crippen LogP contribution in [-0.2, 0) is 4.79 Å². The minimum atomic E-state index is -0.927. The molecule has 0 aromatic carbocycles. The smallest absolute Gasteiger partial charge is 0.322 e. The Morgan fingerprint density at radius 1 is 1.29 bits per heavy atom. The largest absolute Gasteiger partial charge is 0.337 e. The molecule has 110 valence electrons. The van der Waals surface area contributed by atoms with E-state index in [1.54, 1.807) is 0 Å². The summed E-state index contributed by atoms with van der Waals surface area (Å²) in [4.78, 5) is 40.3. The third kappa shape index (κ3) is 2.32. The second-order valence-corrected chi connectivity index (χ2v) is 5.13. The van der Waals surface area contributed by atoms with E-state index in [9.17, 15) is 18.8 Å². The number of nitrogens with zero attached hydrogens (tertiary/aromatic N) is 2. The summed E-state index contributed by atoms with van der Waals surface area (Å²) in [6.45, 7) is 0.593. The van der Waals surface area contributed by atoms with Crippen molar-refractivity contribution >= 4 is 17.8 Å². The first-order chi connectivity index (χ1) is 10.00. The van der Waals surface area contributed by atoms with Crippen molar-refractivity contribution in [2.45, 2.75) is 18.4 Å². The summed E-state index contributed by atoms with van der Waals surface area (Å²) in [6.07, 6.45) is 0.650. The molecular formula is C13H13FN4O3. The molecule has 4 amide bonds. The highest BCUT2D eigenvalue weighted by Crippen LogP contribution is 2.26. The highest BCUT2D eigenvalue weighted by Gasteiger charge is 2.48. The highest BCUT2D eigenvalue weighted by molar-refractivity contribution is 6.07. The average Bonchev–Trinajstić information content (AvgIpc) is 2.73. The summed E-state index contributed by atoms with van der Waals surface area (Å²) in [5, 5.41) is 4.82. The molecule has 0 unspecified atom stereocenters. The zero-order valence-electron chi connectivity index (χ0n) is 11.1. The molecule has 3 heterocycles. The molecule has 1 spiro atoms. The van der Waals surface area contributed by atoms with E-state index in [-0.39, 0.29) is 17.5 Å². The highest BCUT2D eigenvalue weighted by atomic mass is 19.1. The van der Waals surface area contributed by atoms with Gasteiger partial charge in [0.2, 0.25) is 5.95 Å². The lowest BCUT2D eigenvalue weighted by atomic mass is 9.87. The SMILES string of the molecule is O=C1NC(=O)C2(CCN(C(=O)c3cccc(F)n3)CC2)N1. The Hall–Kier alpha value is -2.51. The first kappa shape index (κ1) is 13.5. The van der Waals surface area contributed by atoms with Crippen LogP contribution in [0.4, 0.5) is 9.18 Å². The Balaban J connectivity index is 1.70. The molecule has 7 nitrogen and oxygen atoms in total. The Bertz CT molecular complexity index is 626. The van der Waals surface area contributed by atoms with Crippen molar-refractivity contribution in [3.63, 3.8) is 0 Å². The van der Waals surface area contributed by atoms with Crippen LogP contribution in [0.1, 0.15) is 23.3 Å². The van der Waals surface area contributed by atoms with Crippen molar-refractivity contribution < 1.29 is 18.8 Å². The summed E-state index contributed by atoms with van der Waals surface area (Å²) < 4.78 is 13.0.